The molecule has 0 spiro atoms. The lowest BCUT2D eigenvalue weighted by Crippen LogP contribution is -2.46. The Labute approximate surface area is 216 Å². The van der Waals surface area contributed by atoms with Crippen molar-refractivity contribution in [2.75, 3.05) is 57.6 Å². The van der Waals surface area contributed by atoms with E-state index in [2.05, 4.69) is 19.9 Å². The van der Waals surface area contributed by atoms with E-state index in [1.165, 1.54) is 35.5 Å². The lowest BCUT2D eigenvalue weighted by molar-refractivity contribution is -0.114. The van der Waals surface area contributed by atoms with Crippen LogP contribution in [0, 0.1) is 24.1 Å². The number of rotatable bonds is 12. The number of piperazine rings is 1. The topological polar surface area (TPSA) is 96.2 Å². The zero-order valence-electron chi connectivity index (χ0n) is 20.8. The first kappa shape index (κ1) is 27.4. The van der Waals surface area contributed by atoms with Gasteiger partial charge in [0.05, 0.1) is 17.7 Å². The normalized spacial score (nSPS) is 14.1. The number of aliphatic imine (C=N–C) groups is 1. The van der Waals surface area contributed by atoms with Gasteiger partial charge in [0.1, 0.15) is 17.4 Å². The molecular weight excluding hydrogens is 481 g/mol. The van der Waals surface area contributed by atoms with Crippen molar-refractivity contribution >= 4 is 36.3 Å². The highest BCUT2D eigenvalue weighted by Crippen LogP contribution is 2.35. The summed E-state index contributed by atoms with van der Waals surface area (Å²) in [4.78, 5) is 19.7. The van der Waals surface area contributed by atoms with Gasteiger partial charge in [0.25, 0.3) is 0 Å². The molecule has 0 aliphatic carbocycles. The first-order chi connectivity index (χ1) is 17.4. The maximum absolute atomic E-state index is 14.6. The number of ether oxygens (including phenoxy) is 1. The number of hydrogen-bond donors (Lipinski definition) is 2. The monoisotopic (exact) mass is 513 g/mol. The molecule has 2 aromatic carbocycles. The van der Waals surface area contributed by atoms with Crippen molar-refractivity contribution in [3.63, 3.8) is 0 Å². The molecule has 1 heterocycles. The molecular formula is C25H32FN7O2S. The van der Waals surface area contributed by atoms with Crippen LogP contribution >= 0.6 is 12.1 Å². The van der Waals surface area contributed by atoms with Crippen molar-refractivity contribution in [3.05, 3.63) is 47.3 Å². The maximum Gasteiger partial charge on any atom is 0.214 e. The van der Waals surface area contributed by atoms with Gasteiger partial charge in [-0.25, -0.2) is 13.7 Å². The number of amides is 1. The number of hydrogen-bond acceptors (Lipinski definition) is 9. The Bertz CT molecular complexity index is 1100. The predicted molar refractivity (Wildman–Crippen MR) is 142 cm³/mol. The minimum Gasteiger partial charge on any atom is -0.453 e. The molecule has 11 heteroatoms. The van der Waals surface area contributed by atoms with Crippen LogP contribution in [0.3, 0.4) is 0 Å². The molecule has 0 bridgehead atoms. The molecule has 192 valence electrons. The second-order valence-corrected chi connectivity index (χ2v) is 9.29. The third kappa shape index (κ3) is 7.66. The largest absolute Gasteiger partial charge is 0.453 e. The summed E-state index contributed by atoms with van der Waals surface area (Å²) in [5, 5.41) is 13.0. The minimum absolute atomic E-state index is 0.0814. The average molecular weight is 514 g/mol. The van der Waals surface area contributed by atoms with Gasteiger partial charge in [-0.15, -0.1) is 0 Å². The summed E-state index contributed by atoms with van der Waals surface area (Å²) < 4.78 is 25.4. The van der Waals surface area contributed by atoms with Crippen molar-refractivity contribution in [1.82, 2.24) is 19.4 Å². The number of carbonyl (C=O) groups excluding carboxylic acids is 1. The first-order valence-electron chi connectivity index (χ1n) is 11.8. The Hall–Kier alpha value is -3.17. The molecule has 0 unspecified atom stereocenters. The van der Waals surface area contributed by atoms with E-state index in [4.69, 9.17) is 4.74 Å². The van der Waals surface area contributed by atoms with E-state index < -0.39 is 5.82 Å². The Morgan fingerprint density at radius 2 is 2.11 bits per heavy atom. The fourth-order valence-corrected chi connectivity index (χ4v) is 4.02. The molecule has 0 aromatic heterocycles. The van der Waals surface area contributed by atoms with E-state index in [1.54, 1.807) is 18.2 Å². The van der Waals surface area contributed by atoms with Gasteiger partial charge < -0.3 is 19.7 Å². The number of aryl methyl sites for hydroxylation is 1. The third-order valence-electron chi connectivity index (χ3n) is 5.73. The van der Waals surface area contributed by atoms with Crippen molar-refractivity contribution in [2.45, 2.75) is 13.8 Å². The number of anilines is 1. The van der Waals surface area contributed by atoms with Gasteiger partial charge in [-0.2, -0.15) is 5.26 Å². The Kier molecular flexibility index (Phi) is 10.5. The minimum atomic E-state index is -0.628. The van der Waals surface area contributed by atoms with Crippen molar-refractivity contribution in [3.8, 4) is 17.6 Å². The van der Waals surface area contributed by atoms with Gasteiger partial charge in [0.2, 0.25) is 6.41 Å². The molecule has 0 saturated carbocycles. The van der Waals surface area contributed by atoms with Crippen LogP contribution in [0.4, 0.5) is 15.8 Å². The summed E-state index contributed by atoms with van der Waals surface area (Å²) in [6.07, 6.45) is 2.29. The molecule has 2 aromatic rings. The molecule has 1 aliphatic rings. The smallest absolute Gasteiger partial charge is 0.214 e. The fourth-order valence-electron chi connectivity index (χ4n) is 3.46. The van der Waals surface area contributed by atoms with Crippen LogP contribution in [0.2, 0.25) is 0 Å². The fraction of sp³-hybridized carbons (Fsp3) is 0.400. The predicted octanol–water partition coefficient (Wildman–Crippen LogP) is 3.75. The van der Waals surface area contributed by atoms with Crippen LogP contribution in [-0.2, 0) is 4.79 Å². The van der Waals surface area contributed by atoms with E-state index in [0.29, 0.717) is 23.7 Å². The van der Waals surface area contributed by atoms with Gasteiger partial charge in [-0.05, 0) is 49.9 Å². The van der Waals surface area contributed by atoms with Crippen LogP contribution in [0.5, 0.6) is 11.5 Å². The summed E-state index contributed by atoms with van der Waals surface area (Å²) >= 11 is 1.31. The molecule has 1 fully saturated rings. The van der Waals surface area contributed by atoms with Gasteiger partial charge >= 0.3 is 0 Å². The molecule has 36 heavy (non-hydrogen) atoms. The summed E-state index contributed by atoms with van der Waals surface area (Å²) in [6.45, 7) is 9.82. The molecule has 1 amide bonds. The van der Waals surface area contributed by atoms with Crippen LogP contribution in [0.15, 0.2) is 35.3 Å². The molecule has 1 aliphatic heterocycles. The quantitative estimate of drug-likeness (QED) is 0.192. The van der Waals surface area contributed by atoms with Crippen molar-refractivity contribution < 1.29 is 13.9 Å². The zero-order valence-corrected chi connectivity index (χ0v) is 21.6. The average Bonchev–Trinajstić information content (AvgIpc) is 2.90. The number of halogens is 1. The second-order valence-electron chi connectivity index (χ2n) is 8.28. The van der Waals surface area contributed by atoms with E-state index in [-0.39, 0.29) is 11.3 Å². The molecule has 3 rings (SSSR count). The summed E-state index contributed by atoms with van der Waals surface area (Å²) in [5.74, 6) is -0.391. The van der Waals surface area contributed by atoms with Crippen molar-refractivity contribution in [1.29, 1.82) is 5.26 Å². The molecule has 2 N–H and O–H groups in total. The standard InChI is InChI=1S/C25H32FN7O2S/c1-4-31(3)36-30-24-8-6-22(26)25(21(24)16-27)35-20-5-7-23(19(2)15-20)29-17-33(18-34)14-13-32-11-9-28-10-12-32/h5-8,15,17-18,28,30H,4,9-14H2,1-3H3. The van der Waals surface area contributed by atoms with Crippen LogP contribution < -0.4 is 14.8 Å². The highest BCUT2D eigenvalue weighted by molar-refractivity contribution is 7.98. The third-order valence-corrected chi connectivity index (χ3v) is 6.61. The number of benzene rings is 2. The van der Waals surface area contributed by atoms with Gasteiger partial charge in [0, 0.05) is 57.9 Å². The van der Waals surface area contributed by atoms with Gasteiger partial charge in [-0.3, -0.25) is 9.69 Å². The lowest BCUT2D eigenvalue weighted by Gasteiger charge is -2.28. The van der Waals surface area contributed by atoms with Crippen molar-refractivity contribution in [2.24, 2.45) is 4.99 Å². The Balaban J connectivity index is 1.69. The van der Waals surface area contributed by atoms with Gasteiger partial charge in [-0.1, -0.05) is 6.92 Å². The lowest BCUT2D eigenvalue weighted by atomic mass is 10.1. The number of carbonyl (C=O) groups is 1. The molecule has 9 nitrogen and oxygen atoms in total. The maximum atomic E-state index is 14.6. The number of nitrogens with one attached hydrogen (secondary N) is 2. The second kappa shape index (κ2) is 13.8. The van der Waals surface area contributed by atoms with E-state index in [9.17, 15) is 14.4 Å². The SMILES string of the molecule is CCN(C)SNc1ccc(F)c(Oc2ccc(N=CN(C=O)CCN3CCNCC3)c(C)c2)c1C#N. The van der Waals surface area contributed by atoms with E-state index >= 15 is 0 Å². The zero-order chi connectivity index (χ0) is 25.9. The summed E-state index contributed by atoms with van der Waals surface area (Å²) in [7, 11) is 1.90. The van der Waals surface area contributed by atoms with E-state index in [1.807, 2.05) is 31.3 Å². The first-order valence-corrected chi connectivity index (χ1v) is 12.6. The number of nitriles is 1. The molecule has 0 radical (unpaired) electrons. The Morgan fingerprint density at radius 1 is 1.33 bits per heavy atom. The summed E-state index contributed by atoms with van der Waals surface area (Å²) in [6, 6.07) is 9.94. The van der Waals surface area contributed by atoms with Crippen LogP contribution in [0.25, 0.3) is 0 Å². The van der Waals surface area contributed by atoms with E-state index in [0.717, 1.165) is 51.2 Å². The van der Waals surface area contributed by atoms with Crippen LogP contribution in [0.1, 0.15) is 18.1 Å². The number of nitrogens with zero attached hydrogens (tertiary/aromatic N) is 5. The highest BCUT2D eigenvalue weighted by Gasteiger charge is 2.17. The van der Waals surface area contributed by atoms with Gasteiger partial charge in [0.15, 0.2) is 11.6 Å². The molecule has 0 atom stereocenters. The molecule has 1 saturated heterocycles. The Morgan fingerprint density at radius 3 is 2.78 bits per heavy atom. The van der Waals surface area contributed by atoms with Crippen LogP contribution in [-0.4, -0.2) is 79.7 Å². The summed E-state index contributed by atoms with van der Waals surface area (Å²) in [5.41, 5.74) is 1.99. The highest BCUT2D eigenvalue weighted by atomic mass is 32.2.